The molecule has 0 saturated carbocycles. The number of fused-ring (bicyclic) bond motifs is 1. The van der Waals surface area contributed by atoms with Crippen molar-refractivity contribution >= 4 is 22.4 Å². The zero-order valence-corrected chi connectivity index (χ0v) is 13.1. The van der Waals surface area contributed by atoms with Gasteiger partial charge in [0.15, 0.2) is 0 Å². The van der Waals surface area contributed by atoms with E-state index < -0.39 is 21.8 Å². The van der Waals surface area contributed by atoms with E-state index in [0.29, 0.717) is 24.9 Å². The van der Waals surface area contributed by atoms with Gasteiger partial charge in [-0.25, -0.2) is 8.42 Å². The summed E-state index contributed by atoms with van der Waals surface area (Å²) in [6, 6.07) is 3.69. The molecule has 0 aromatic heterocycles. The second-order valence-electron chi connectivity index (χ2n) is 5.52. The molecule has 4 nitrogen and oxygen atoms in total. The average molecular weight is 357 g/mol. The normalized spacial score (nSPS) is 25.8. The van der Waals surface area contributed by atoms with Gasteiger partial charge in [0.1, 0.15) is 0 Å². The van der Waals surface area contributed by atoms with Crippen LogP contribution in [-0.4, -0.2) is 38.9 Å². The number of hydrogen-bond donors (Lipinski definition) is 1. The van der Waals surface area contributed by atoms with Crippen LogP contribution in [0.25, 0.3) is 0 Å². The molecule has 2 saturated heterocycles. The van der Waals surface area contributed by atoms with Gasteiger partial charge in [-0.1, -0.05) is 0 Å². The lowest BCUT2D eigenvalue weighted by atomic mass is 10.0. The molecule has 2 atom stereocenters. The summed E-state index contributed by atoms with van der Waals surface area (Å²) in [5.74, 6) is 0.600. The number of benzene rings is 1. The quantitative estimate of drug-likeness (QED) is 0.881. The van der Waals surface area contributed by atoms with Gasteiger partial charge in [0.05, 0.1) is 10.5 Å². The molecule has 2 fully saturated rings. The Hall–Kier alpha value is -0.830. The van der Waals surface area contributed by atoms with Gasteiger partial charge >= 0.3 is 6.18 Å². The van der Waals surface area contributed by atoms with Gasteiger partial charge in [-0.15, -0.1) is 12.4 Å². The van der Waals surface area contributed by atoms with Crippen molar-refractivity contribution < 1.29 is 21.6 Å². The molecule has 0 unspecified atom stereocenters. The van der Waals surface area contributed by atoms with E-state index >= 15 is 0 Å². The Morgan fingerprint density at radius 2 is 1.55 bits per heavy atom. The van der Waals surface area contributed by atoms with E-state index in [2.05, 4.69) is 5.32 Å². The van der Waals surface area contributed by atoms with Gasteiger partial charge < -0.3 is 5.32 Å². The number of sulfonamides is 1. The Morgan fingerprint density at radius 1 is 1.05 bits per heavy atom. The fourth-order valence-corrected chi connectivity index (χ4v) is 4.53. The number of rotatable bonds is 2. The molecule has 1 aromatic rings. The van der Waals surface area contributed by atoms with Crippen LogP contribution < -0.4 is 5.32 Å². The minimum atomic E-state index is -4.46. The lowest BCUT2D eigenvalue weighted by molar-refractivity contribution is -0.137. The maximum absolute atomic E-state index is 12.5. The maximum atomic E-state index is 12.5. The summed E-state index contributed by atoms with van der Waals surface area (Å²) in [6.07, 6.45) is -4.46. The third kappa shape index (κ3) is 3.10. The first kappa shape index (κ1) is 17.5. The zero-order valence-electron chi connectivity index (χ0n) is 11.5. The maximum Gasteiger partial charge on any atom is 0.416 e. The fraction of sp³-hybridized carbons (Fsp3) is 0.538. The molecule has 22 heavy (non-hydrogen) atoms. The van der Waals surface area contributed by atoms with Crippen LogP contribution in [0.3, 0.4) is 0 Å². The van der Waals surface area contributed by atoms with Gasteiger partial charge in [-0.2, -0.15) is 17.5 Å². The van der Waals surface area contributed by atoms with Crippen LogP contribution in [0.1, 0.15) is 5.56 Å². The van der Waals surface area contributed by atoms with Crippen LogP contribution in [0.4, 0.5) is 13.2 Å². The number of nitrogens with one attached hydrogen (secondary N) is 1. The molecule has 0 bridgehead atoms. The predicted molar refractivity (Wildman–Crippen MR) is 77.3 cm³/mol. The van der Waals surface area contributed by atoms with Crippen LogP contribution in [0.15, 0.2) is 29.2 Å². The summed E-state index contributed by atoms with van der Waals surface area (Å²) in [6.45, 7) is 2.45. The van der Waals surface area contributed by atoms with Crippen molar-refractivity contribution in [3.05, 3.63) is 29.8 Å². The molecule has 3 rings (SSSR count). The molecular weight excluding hydrogens is 341 g/mol. The van der Waals surface area contributed by atoms with Gasteiger partial charge in [-0.05, 0) is 49.2 Å². The van der Waals surface area contributed by atoms with Gasteiger partial charge in [0.2, 0.25) is 10.0 Å². The van der Waals surface area contributed by atoms with Crippen molar-refractivity contribution in [2.24, 2.45) is 11.8 Å². The summed E-state index contributed by atoms with van der Waals surface area (Å²) in [5, 5.41) is 3.21. The molecule has 1 N–H and O–H groups in total. The Balaban J connectivity index is 0.00000176. The Kier molecular flexibility index (Phi) is 4.77. The molecule has 2 heterocycles. The molecule has 2 aliphatic rings. The first-order chi connectivity index (χ1) is 9.78. The molecule has 0 amide bonds. The van der Waals surface area contributed by atoms with E-state index in [0.717, 1.165) is 37.4 Å². The highest BCUT2D eigenvalue weighted by Crippen LogP contribution is 2.33. The van der Waals surface area contributed by atoms with Crippen LogP contribution in [0.5, 0.6) is 0 Å². The number of nitrogens with zero attached hydrogens (tertiary/aromatic N) is 1. The van der Waals surface area contributed by atoms with Gasteiger partial charge in [0, 0.05) is 13.1 Å². The van der Waals surface area contributed by atoms with E-state index in [4.69, 9.17) is 0 Å². The number of hydrogen-bond acceptors (Lipinski definition) is 3. The van der Waals surface area contributed by atoms with E-state index in [9.17, 15) is 21.6 Å². The van der Waals surface area contributed by atoms with E-state index in [1.165, 1.54) is 4.31 Å². The summed E-state index contributed by atoms with van der Waals surface area (Å²) < 4.78 is 63.8. The standard InChI is InChI=1S/C13H15F3N2O2S.ClH/c14-13(15,16)11-1-3-12(4-2-11)21(19,20)18-7-9-5-17-6-10(9)8-18;/h1-4,9-10,17H,5-8H2;1H/t9-,10+;. The molecule has 1 aromatic carbocycles. The van der Waals surface area contributed by atoms with Crippen LogP contribution in [-0.2, 0) is 16.2 Å². The summed E-state index contributed by atoms with van der Waals surface area (Å²) >= 11 is 0. The van der Waals surface area contributed by atoms with Crippen molar-refractivity contribution in [1.82, 2.24) is 9.62 Å². The SMILES string of the molecule is Cl.O=S(=O)(c1ccc(C(F)(F)F)cc1)N1C[C@H]2CNC[C@H]2C1. The van der Waals surface area contributed by atoms with Gasteiger partial charge in [0.25, 0.3) is 0 Å². The second kappa shape index (κ2) is 5.99. The molecule has 2 aliphatic heterocycles. The van der Waals surface area contributed by atoms with E-state index in [1.54, 1.807) is 0 Å². The van der Waals surface area contributed by atoms with Gasteiger partial charge in [-0.3, -0.25) is 0 Å². The fourth-order valence-electron chi connectivity index (χ4n) is 2.97. The van der Waals surface area contributed by atoms with Crippen LogP contribution >= 0.6 is 12.4 Å². The molecule has 0 radical (unpaired) electrons. The largest absolute Gasteiger partial charge is 0.416 e. The minimum absolute atomic E-state index is 0. The van der Waals surface area contributed by atoms with Crippen LogP contribution in [0.2, 0.25) is 0 Å². The van der Waals surface area contributed by atoms with Crippen LogP contribution in [0, 0.1) is 11.8 Å². The van der Waals surface area contributed by atoms with Crippen molar-refractivity contribution in [2.75, 3.05) is 26.2 Å². The van der Waals surface area contributed by atoms with Crippen molar-refractivity contribution in [1.29, 1.82) is 0 Å². The van der Waals surface area contributed by atoms with E-state index in [1.807, 2.05) is 0 Å². The molecule has 0 spiro atoms. The topological polar surface area (TPSA) is 49.4 Å². The highest BCUT2D eigenvalue weighted by atomic mass is 35.5. The van der Waals surface area contributed by atoms with Crippen molar-refractivity contribution in [3.63, 3.8) is 0 Å². The van der Waals surface area contributed by atoms with Crippen molar-refractivity contribution in [2.45, 2.75) is 11.1 Å². The molecule has 0 aliphatic carbocycles. The van der Waals surface area contributed by atoms with E-state index in [-0.39, 0.29) is 17.3 Å². The predicted octanol–water partition coefficient (Wildman–Crippen LogP) is 1.97. The lowest BCUT2D eigenvalue weighted by Gasteiger charge is -2.18. The zero-order chi connectivity index (χ0) is 15.3. The lowest BCUT2D eigenvalue weighted by Crippen LogP contribution is -2.32. The summed E-state index contributed by atoms with van der Waals surface area (Å²) in [4.78, 5) is -0.0802. The Bertz CT molecular complexity index is 622. The molecule has 9 heteroatoms. The first-order valence-corrected chi connectivity index (χ1v) is 8.10. The van der Waals surface area contributed by atoms with Crippen molar-refractivity contribution in [3.8, 4) is 0 Å². The second-order valence-corrected chi connectivity index (χ2v) is 7.46. The first-order valence-electron chi connectivity index (χ1n) is 6.66. The third-order valence-electron chi connectivity index (χ3n) is 4.18. The minimum Gasteiger partial charge on any atom is -0.316 e. The molecular formula is C13H16ClF3N2O2S. The average Bonchev–Trinajstić information content (AvgIpc) is 2.98. The smallest absolute Gasteiger partial charge is 0.316 e. The third-order valence-corrected chi connectivity index (χ3v) is 6.02. The highest BCUT2D eigenvalue weighted by molar-refractivity contribution is 7.89. The summed E-state index contributed by atoms with van der Waals surface area (Å²) in [7, 11) is -3.70. The molecule has 124 valence electrons. The highest BCUT2D eigenvalue weighted by Gasteiger charge is 2.41. The Morgan fingerprint density at radius 3 is 2.00 bits per heavy atom. The number of halogens is 4. The Labute approximate surface area is 133 Å². The number of alkyl halides is 3. The monoisotopic (exact) mass is 356 g/mol. The summed E-state index contributed by atoms with van der Waals surface area (Å²) in [5.41, 5.74) is -0.844.